The summed E-state index contributed by atoms with van der Waals surface area (Å²) in [7, 11) is -2.86. The van der Waals surface area contributed by atoms with E-state index in [9.17, 15) is 8.42 Å². The zero-order valence-corrected chi connectivity index (χ0v) is 14.7. The molecule has 0 bridgehead atoms. The van der Waals surface area contributed by atoms with Gasteiger partial charge >= 0.3 is 0 Å². The molecule has 2 atom stereocenters. The second-order valence-corrected chi connectivity index (χ2v) is 9.66. The monoisotopic (exact) mass is 316 g/mol. The van der Waals surface area contributed by atoms with Crippen molar-refractivity contribution in [1.29, 1.82) is 0 Å². The number of rotatable bonds is 5. The van der Waals surface area contributed by atoms with Crippen molar-refractivity contribution in [2.75, 3.05) is 39.0 Å². The van der Waals surface area contributed by atoms with E-state index < -0.39 is 9.84 Å². The minimum atomic E-state index is -2.86. The van der Waals surface area contributed by atoms with Gasteiger partial charge in [0, 0.05) is 38.5 Å². The van der Waals surface area contributed by atoms with Crippen LogP contribution in [0.2, 0.25) is 0 Å². The van der Waals surface area contributed by atoms with Gasteiger partial charge in [0.2, 0.25) is 0 Å². The summed E-state index contributed by atoms with van der Waals surface area (Å²) in [5, 5.41) is -0.102. The molecule has 0 spiro atoms. The molecule has 1 aliphatic carbocycles. The number of sulfone groups is 1. The summed E-state index contributed by atoms with van der Waals surface area (Å²) in [4.78, 5) is 5.11. The molecule has 2 fully saturated rings. The molecule has 0 unspecified atom stereocenters. The summed E-state index contributed by atoms with van der Waals surface area (Å²) in [5.41, 5.74) is 0. The topological polar surface area (TPSA) is 40.6 Å². The molecule has 0 N–H and O–H groups in total. The normalized spacial score (nSPS) is 29.9. The molecule has 0 aromatic rings. The van der Waals surface area contributed by atoms with Crippen LogP contribution >= 0.6 is 0 Å². The zero-order chi connectivity index (χ0) is 15.5. The Morgan fingerprint density at radius 1 is 1.10 bits per heavy atom. The summed E-state index contributed by atoms with van der Waals surface area (Å²) < 4.78 is 23.6. The molecule has 21 heavy (non-hydrogen) atoms. The number of piperazine rings is 1. The van der Waals surface area contributed by atoms with Gasteiger partial charge in [-0.15, -0.1) is 0 Å². The first kappa shape index (κ1) is 17.2. The lowest BCUT2D eigenvalue weighted by atomic mass is 9.93. The van der Waals surface area contributed by atoms with E-state index in [0.29, 0.717) is 6.04 Å². The highest BCUT2D eigenvalue weighted by Crippen LogP contribution is 2.28. The van der Waals surface area contributed by atoms with E-state index in [1.807, 2.05) is 0 Å². The molecule has 0 amide bonds. The third-order valence-corrected chi connectivity index (χ3v) is 6.79. The van der Waals surface area contributed by atoms with Crippen molar-refractivity contribution >= 4 is 9.84 Å². The van der Waals surface area contributed by atoms with E-state index in [0.717, 1.165) is 51.4 Å². The van der Waals surface area contributed by atoms with Gasteiger partial charge in [0.25, 0.3) is 0 Å². The van der Waals surface area contributed by atoms with Crippen LogP contribution in [0, 0.1) is 5.92 Å². The maximum Gasteiger partial charge on any atom is 0.150 e. The molecule has 0 radical (unpaired) electrons. The van der Waals surface area contributed by atoms with Crippen LogP contribution in [-0.2, 0) is 9.84 Å². The Hall–Kier alpha value is -0.130. The smallest absolute Gasteiger partial charge is 0.150 e. The van der Waals surface area contributed by atoms with Gasteiger partial charge in [-0.05, 0) is 38.1 Å². The number of hydrogen-bond acceptors (Lipinski definition) is 4. The van der Waals surface area contributed by atoms with E-state index in [-0.39, 0.29) is 5.25 Å². The number of nitrogens with zero attached hydrogens (tertiary/aromatic N) is 2. The summed E-state index contributed by atoms with van der Waals surface area (Å²) in [6.45, 7) is 10.3. The highest BCUT2D eigenvalue weighted by Gasteiger charge is 2.33. The van der Waals surface area contributed by atoms with Gasteiger partial charge in [-0.2, -0.15) is 0 Å². The average molecular weight is 317 g/mol. The fourth-order valence-corrected chi connectivity index (χ4v) is 4.80. The van der Waals surface area contributed by atoms with Crippen molar-refractivity contribution in [3.05, 3.63) is 0 Å². The molecule has 4 nitrogen and oxygen atoms in total. The van der Waals surface area contributed by atoms with E-state index in [4.69, 9.17) is 0 Å². The van der Waals surface area contributed by atoms with Gasteiger partial charge in [0.15, 0.2) is 0 Å². The molecule has 2 aliphatic rings. The largest absolute Gasteiger partial charge is 0.301 e. The predicted molar refractivity (Wildman–Crippen MR) is 88.4 cm³/mol. The standard InChI is InChI=1S/C16H32N2O2S/c1-14(2)7-8-17-9-11-18(12-10-17)15-5-4-6-16(13-15)21(3,19)20/h14-16H,4-13H2,1-3H3/t15-,16-/m0/s1. The Bertz CT molecular complexity index is 414. The second-order valence-electron chi connectivity index (χ2n) is 7.33. The number of hydrogen-bond donors (Lipinski definition) is 0. The van der Waals surface area contributed by atoms with Gasteiger partial charge in [0.1, 0.15) is 9.84 Å². The van der Waals surface area contributed by atoms with E-state index in [1.165, 1.54) is 25.6 Å². The summed E-state index contributed by atoms with van der Waals surface area (Å²) >= 11 is 0. The van der Waals surface area contributed by atoms with Crippen LogP contribution in [0.15, 0.2) is 0 Å². The SMILES string of the molecule is CC(C)CCN1CCN([C@H]2CCC[C@H](S(C)(=O)=O)C2)CC1. The Balaban J connectivity index is 1.79. The molecule has 124 valence electrons. The van der Waals surface area contributed by atoms with Gasteiger partial charge < -0.3 is 4.90 Å². The van der Waals surface area contributed by atoms with Gasteiger partial charge in [-0.3, -0.25) is 4.90 Å². The Kier molecular flexibility index (Phi) is 6.09. The van der Waals surface area contributed by atoms with Gasteiger partial charge in [-0.25, -0.2) is 8.42 Å². The predicted octanol–water partition coefficient (Wildman–Crippen LogP) is 2.01. The lowest BCUT2D eigenvalue weighted by Crippen LogP contribution is -2.52. The third kappa shape index (κ3) is 5.22. The van der Waals surface area contributed by atoms with Crippen LogP contribution in [0.3, 0.4) is 0 Å². The minimum Gasteiger partial charge on any atom is -0.301 e. The Morgan fingerprint density at radius 2 is 1.76 bits per heavy atom. The van der Waals surface area contributed by atoms with Crippen LogP contribution in [0.1, 0.15) is 46.0 Å². The maximum atomic E-state index is 11.8. The lowest BCUT2D eigenvalue weighted by Gasteiger charge is -2.42. The highest BCUT2D eigenvalue weighted by atomic mass is 32.2. The van der Waals surface area contributed by atoms with Crippen LogP contribution in [0.4, 0.5) is 0 Å². The third-order valence-electron chi connectivity index (χ3n) is 5.15. The summed E-state index contributed by atoms with van der Waals surface area (Å²) in [5.74, 6) is 0.775. The Labute approximate surface area is 130 Å². The fourth-order valence-electron chi connectivity index (χ4n) is 3.63. The van der Waals surface area contributed by atoms with E-state index in [1.54, 1.807) is 0 Å². The van der Waals surface area contributed by atoms with Crippen LogP contribution in [-0.4, -0.2) is 68.5 Å². The highest BCUT2D eigenvalue weighted by molar-refractivity contribution is 7.91. The molecule has 1 saturated heterocycles. The van der Waals surface area contributed by atoms with Crippen LogP contribution in [0.25, 0.3) is 0 Å². The Morgan fingerprint density at radius 3 is 2.33 bits per heavy atom. The molecular weight excluding hydrogens is 284 g/mol. The van der Waals surface area contributed by atoms with E-state index in [2.05, 4.69) is 23.6 Å². The van der Waals surface area contributed by atoms with Crippen LogP contribution < -0.4 is 0 Å². The molecule has 0 aromatic heterocycles. The minimum absolute atomic E-state index is 0.102. The van der Waals surface area contributed by atoms with Crippen molar-refractivity contribution < 1.29 is 8.42 Å². The van der Waals surface area contributed by atoms with Crippen LogP contribution in [0.5, 0.6) is 0 Å². The average Bonchev–Trinajstić information content (AvgIpc) is 2.45. The molecule has 1 heterocycles. The van der Waals surface area contributed by atoms with Crippen molar-refractivity contribution in [2.45, 2.75) is 57.2 Å². The lowest BCUT2D eigenvalue weighted by molar-refractivity contribution is 0.0774. The van der Waals surface area contributed by atoms with Crippen molar-refractivity contribution in [1.82, 2.24) is 9.80 Å². The summed E-state index contributed by atoms with van der Waals surface area (Å²) in [6.07, 6.45) is 6.64. The fraction of sp³-hybridized carbons (Fsp3) is 1.00. The van der Waals surface area contributed by atoms with Crippen molar-refractivity contribution in [3.8, 4) is 0 Å². The summed E-state index contributed by atoms with van der Waals surface area (Å²) in [6, 6.07) is 0.491. The van der Waals surface area contributed by atoms with E-state index >= 15 is 0 Å². The van der Waals surface area contributed by atoms with Gasteiger partial charge in [0.05, 0.1) is 5.25 Å². The second kappa shape index (κ2) is 7.42. The van der Waals surface area contributed by atoms with Crippen molar-refractivity contribution in [3.63, 3.8) is 0 Å². The maximum absolute atomic E-state index is 11.8. The first-order valence-electron chi connectivity index (χ1n) is 8.51. The quantitative estimate of drug-likeness (QED) is 0.778. The zero-order valence-electron chi connectivity index (χ0n) is 13.9. The molecular formula is C16H32N2O2S. The van der Waals surface area contributed by atoms with Crippen molar-refractivity contribution in [2.24, 2.45) is 5.92 Å². The molecule has 1 saturated carbocycles. The molecule has 1 aliphatic heterocycles. The molecule has 5 heteroatoms. The molecule has 0 aromatic carbocycles. The first-order chi connectivity index (χ1) is 9.86. The first-order valence-corrected chi connectivity index (χ1v) is 10.5. The van der Waals surface area contributed by atoms with Gasteiger partial charge in [-0.1, -0.05) is 20.3 Å². The molecule has 2 rings (SSSR count).